The number of thioether (sulfide) groups is 1. The predicted molar refractivity (Wildman–Crippen MR) is 133 cm³/mol. The van der Waals surface area contributed by atoms with Crippen LogP contribution in [0.5, 0.6) is 5.75 Å². The van der Waals surface area contributed by atoms with Gasteiger partial charge in [0.25, 0.3) is 0 Å². The smallest absolute Gasteiger partial charge is 0.220 e. The van der Waals surface area contributed by atoms with Gasteiger partial charge in [-0.3, -0.25) is 4.79 Å². The lowest BCUT2D eigenvalue weighted by molar-refractivity contribution is -0.119. The number of hydrogen-bond acceptors (Lipinski definition) is 6. The zero-order chi connectivity index (χ0) is 25.5. The molecule has 0 spiro atoms. The van der Waals surface area contributed by atoms with Gasteiger partial charge in [-0.2, -0.15) is 11.8 Å². The number of benzene rings is 2. The quantitative estimate of drug-likeness (QED) is 0.505. The molecule has 3 heterocycles. The molecule has 2 fully saturated rings. The van der Waals surface area contributed by atoms with Crippen molar-refractivity contribution in [2.24, 2.45) is 5.92 Å². The maximum absolute atomic E-state index is 15.4. The van der Waals surface area contributed by atoms with Gasteiger partial charge in [-0.1, -0.05) is 11.6 Å². The molecule has 1 amide bonds. The molecule has 4 atom stereocenters. The molecule has 3 aliphatic heterocycles. The fraction of sp³-hybridized carbons (Fsp3) is 0.480. The second-order valence-corrected chi connectivity index (χ2v) is 13.1. The molecule has 2 saturated heterocycles. The summed E-state index contributed by atoms with van der Waals surface area (Å²) in [7, 11) is -4.22. The molecule has 0 unspecified atom stereocenters. The first-order chi connectivity index (χ1) is 17.2. The first-order valence-electron chi connectivity index (χ1n) is 11.8. The lowest BCUT2D eigenvalue weighted by Crippen LogP contribution is -2.57. The van der Waals surface area contributed by atoms with Crippen molar-refractivity contribution < 1.29 is 31.5 Å². The molecule has 11 heteroatoms. The summed E-state index contributed by atoms with van der Waals surface area (Å²) in [6.07, 6.45) is 1.26. The lowest BCUT2D eigenvalue weighted by atomic mass is 9.75. The third-order valence-electron chi connectivity index (χ3n) is 7.30. The Morgan fingerprint density at radius 1 is 1.14 bits per heavy atom. The molecule has 3 aliphatic rings. The summed E-state index contributed by atoms with van der Waals surface area (Å²) in [6, 6.07) is 7.76. The monoisotopic (exact) mass is 557 g/mol. The minimum atomic E-state index is -4.22. The number of rotatable bonds is 7. The third-order valence-corrected chi connectivity index (χ3v) is 11.3. The van der Waals surface area contributed by atoms with Gasteiger partial charge in [-0.25, -0.2) is 17.2 Å². The van der Waals surface area contributed by atoms with E-state index in [2.05, 4.69) is 5.32 Å². The molecule has 0 radical (unpaired) electrons. The standard InChI is InChI=1S/C25H26ClF2NO5S2/c26-15-1-4-17(5-2-15)36(31,32)25-10-11-33-21(9-12-35-14-16-3-8-22(30)29-16)18(25)13-34-24-20(28)7-6-19(27)23(24)25/h1-2,4-7,16,18,21H,3,8-14H2,(H,29,30)/t16-,18+,21+,25+/m1/s1. The van der Waals surface area contributed by atoms with Crippen molar-refractivity contribution in [3.8, 4) is 5.75 Å². The Morgan fingerprint density at radius 3 is 2.61 bits per heavy atom. The Hall–Kier alpha value is -1.88. The van der Waals surface area contributed by atoms with Crippen molar-refractivity contribution in [3.63, 3.8) is 0 Å². The summed E-state index contributed by atoms with van der Waals surface area (Å²) >= 11 is 7.64. The Balaban J connectivity index is 1.49. The van der Waals surface area contributed by atoms with Crippen LogP contribution in [0.15, 0.2) is 41.3 Å². The molecule has 5 rings (SSSR count). The zero-order valence-electron chi connectivity index (χ0n) is 19.3. The van der Waals surface area contributed by atoms with Crippen molar-refractivity contribution in [1.82, 2.24) is 5.32 Å². The molecule has 36 heavy (non-hydrogen) atoms. The van der Waals surface area contributed by atoms with Crippen molar-refractivity contribution in [3.05, 3.63) is 58.6 Å². The number of ether oxygens (including phenoxy) is 2. The van der Waals surface area contributed by atoms with Crippen LogP contribution < -0.4 is 10.1 Å². The summed E-state index contributed by atoms with van der Waals surface area (Å²) in [5.41, 5.74) is -0.261. The summed E-state index contributed by atoms with van der Waals surface area (Å²) < 4.78 is 68.7. The highest BCUT2D eigenvalue weighted by molar-refractivity contribution is 7.99. The van der Waals surface area contributed by atoms with Crippen LogP contribution in [0.4, 0.5) is 8.78 Å². The van der Waals surface area contributed by atoms with E-state index in [9.17, 15) is 17.6 Å². The van der Waals surface area contributed by atoms with E-state index in [1.54, 1.807) is 11.8 Å². The Kier molecular flexibility index (Phi) is 7.24. The van der Waals surface area contributed by atoms with Gasteiger partial charge in [0.05, 0.1) is 23.2 Å². The average Bonchev–Trinajstić information content (AvgIpc) is 3.28. The number of halogens is 3. The number of hydrogen-bond donors (Lipinski definition) is 1. The van der Waals surface area contributed by atoms with Gasteiger partial charge in [0.15, 0.2) is 21.4 Å². The molecule has 1 N–H and O–H groups in total. The second-order valence-electron chi connectivity index (χ2n) is 9.32. The summed E-state index contributed by atoms with van der Waals surface area (Å²) in [6.45, 7) is -0.0407. The fourth-order valence-electron chi connectivity index (χ4n) is 5.56. The van der Waals surface area contributed by atoms with Gasteiger partial charge in [-0.05, 0) is 61.4 Å². The number of carbonyl (C=O) groups excluding carboxylic acids is 1. The Bertz CT molecular complexity index is 1260. The topological polar surface area (TPSA) is 81.7 Å². The maximum Gasteiger partial charge on any atom is 0.220 e. The highest BCUT2D eigenvalue weighted by atomic mass is 35.5. The Morgan fingerprint density at radius 2 is 1.89 bits per heavy atom. The van der Waals surface area contributed by atoms with Gasteiger partial charge in [-0.15, -0.1) is 0 Å². The normalized spacial score (nSPS) is 27.6. The van der Waals surface area contributed by atoms with E-state index in [1.165, 1.54) is 24.3 Å². The minimum Gasteiger partial charge on any atom is -0.490 e. The number of amides is 1. The van der Waals surface area contributed by atoms with Gasteiger partial charge in [0.1, 0.15) is 10.6 Å². The predicted octanol–water partition coefficient (Wildman–Crippen LogP) is 4.49. The van der Waals surface area contributed by atoms with Crippen LogP contribution in [0, 0.1) is 17.6 Å². The number of carbonyl (C=O) groups is 1. The van der Waals surface area contributed by atoms with Crippen LogP contribution in [-0.4, -0.2) is 51.2 Å². The maximum atomic E-state index is 15.4. The van der Waals surface area contributed by atoms with E-state index >= 15 is 4.39 Å². The molecule has 2 aromatic carbocycles. The van der Waals surface area contributed by atoms with E-state index in [1.807, 2.05) is 0 Å². The average molecular weight is 558 g/mol. The molecular formula is C25H26ClF2NO5S2. The SMILES string of the molecule is O=C1CC[C@H](CSCC[C@@H]2OCC[C@@]3(S(=O)(=O)c4ccc(Cl)cc4)c4c(F)ccc(F)c4OC[C@@H]23)N1. The number of nitrogens with one attached hydrogen (secondary N) is 1. The van der Waals surface area contributed by atoms with E-state index in [4.69, 9.17) is 21.1 Å². The highest BCUT2D eigenvalue weighted by Crippen LogP contribution is 2.56. The Labute approximate surface area is 218 Å². The van der Waals surface area contributed by atoms with Gasteiger partial charge in [0.2, 0.25) is 5.91 Å². The molecule has 0 bridgehead atoms. The molecule has 0 aliphatic carbocycles. The van der Waals surface area contributed by atoms with Crippen molar-refractivity contribution >= 4 is 39.1 Å². The largest absolute Gasteiger partial charge is 0.490 e. The third kappa shape index (κ3) is 4.40. The fourth-order valence-corrected chi connectivity index (χ4v) is 9.13. The molecule has 6 nitrogen and oxygen atoms in total. The van der Waals surface area contributed by atoms with E-state index < -0.39 is 38.2 Å². The molecule has 0 aromatic heterocycles. The second kappa shape index (κ2) is 10.1. The summed E-state index contributed by atoms with van der Waals surface area (Å²) in [5, 5.41) is 3.30. The molecular weight excluding hydrogens is 532 g/mol. The van der Waals surface area contributed by atoms with Crippen LogP contribution in [-0.2, 0) is 24.1 Å². The van der Waals surface area contributed by atoms with Crippen LogP contribution in [0.1, 0.15) is 31.2 Å². The first kappa shape index (κ1) is 25.8. The summed E-state index contributed by atoms with van der Waals surface area (Å²) in [4.78, 5) is 11.4. The van der Waals surface area contributed by atoms with Crippen LogP contribution >= 0.6 is 23.4 Å². The zero-order valence-corrected chi connectivity index (χ0v) is 21.7. The first-order valence-corrected chi connectivity index (χ1v) is 14.9. The van der Waals surface area contributed by atoms with E-state index in [-0.39, 0.29) is 47.8 Å². The number of sulfone groups is 1. The van der Waals surface area contributed by atoms with Gasteiger partial charge >= 0.3 is 0 Å². The van der Waals surface area contributed by atoms with Crippen LogP contribution in [0.2, 0.25) is 5.02 Å². The van der Waals surface area contributed by atoms with Crippen molar-refractivity contribution in [1.29, 1.82) is 0 Å². The van der Waals surface area contributed by atoms with Crippen molar-refractivity contribution in [2.75, 3.05) is 24.7 Å². The molecule has 2 aromatic rings. The van der Waals surface area contributed by atoms with Gasteiger partial charge in [0, 0.05) is 35.8 Å². The van der Waals surface area contributed by atoms with Crippen molar-refractivity contribution in [2.45, 2.75) is 47.5 Å². The van der Waals surface area contributed by atoms with E-state index in [0.717, 1.165) is 24.3 Å². The highest BCUT2D eigenvalue weighted by Gasteiger charge is 2.61. The van der Waals surface area contributed by atoms with Gasteiger partial charge < -0.3 is 14.8 Å². The van der Waals surface area contributed by atoms with Crippen LogP contribution in [0.3, 0.4) is 0 Å². The minimum absolute atomic E-state index is 0.0135. The lowest BCUT2D eigenvalue weighted by Gasteiger charge is -2.50. The summed E-state index contributed by atoms with van der Waals surface area (Å²) in [5.74, 6) is -1.26. The van der Waals surface area contributed by atoms with E-state index in [0.29, 0.717) is 23.6 Å². The molecule has 194 valence electrons. The number of fused-ring (bicyclic) bond motifs is 3. The molecule has 0 saturated carbocycles. The van der Waals surface area contributed by atoms with Crippen LogP contribution in [0.25, 0.3) is 0 Å².